The zero-order chi connectivity index (χ0) is 25.7. The fourth-order valence-electron chi connectivity index (χ4n) is 5.16. The van der Waals surface area contributed by atoms with Crippen molar-refractivity contribution in [1.82, 2.24) is 0 Å². The Labute approximate surface area is 211 Å². The number of allylic oxidation sites excluding steroid dienone is 4. The normalized spacial score (nSPS) is 22.1. The van der Waals surface area contributed by atoms with Crippen LogP contribution in [0.15, 0.2) is 71.9 Å². The van der Waals surface area contributed by atoms with E-state index in [0.29, 0.717) is 31.2 Å². The standard InChI is InChI=1S/C31H34F4O/c1-3-5-6-24-15-16-25(29(33)28(24)32)23-13-9-21(10-14-23)19-36-27-18-17-26(30(34)31(27)35)22-11-7-20(4-2)8-12-22/h7-13,17-18,23-25H,3-6,14-16,19H2,1-2H3. The van der Waals surface area contributed by atoms with Crippen molar-refractivity contribution in [2.75, 3.05) is 6.61 Å². The zero-order valence-electron chi connectivity index (χ0n) is 21.0. The van der Waals surface area contributed by atoms with Crippen LogP contribution in [0.4, 0.5) is 17.6 Å². The lowest BCUT2D eigenvalue weighted by Gasteiger charge is -2.31. The molecular weight excluding hydrogens is 464 g/mol. The molecule has 2 aromatic carbocycles. The van der Waals surface area contributed by atoms with E-state index in [4.69, 9.17) is 4.74 Å². The summed E-state index contributed by atoms with van der Waals surface area (Å²) >= 11 is 0. The molecule has 0 saturated carbocycles. The largest absolute Gasteiger partial charge is 0.486 e. The number of hydrogen-bond donors (Lipinski definition) is 0. The monoisotopic (exact) mass is 498 g/mol. The second kappa shape index (κ2) is 11.9. The van der Waals surface area contributed by atoms with Gasteiger partial charge in [0.05, 0.1) is 0 Å². The molecule has 2 aliphatic carbocycles. The number of aryl methyl sites for hydroxylation is 1. The van der Waals surface area contributed by atoms with Gasteiger partial charge in [-0.25, -0.2) is 13.2 Å². The van der Waals surface area contributed by atoms with Gasteiger partial charge in [0.2, 0.25) is 5.82 Å². The third-order valence-corrected chi connectivity index (χ3v) is 7.49. The van der Waals surface area contributed by atoms with Crippen LogP contribution in [0, 0.1) is 29.4 Å². The Morgan fingerprint density at radius 2 is 1.67 bits per heavy atom. The van der Waals surface area contributed by atoms with Gasteiger partial charge >= 0.3 is 0 Å². The Bertz CT molecular complexity index is 1150. The van der Waals surface area contributed by atoms with Crippen LogP contribution in [0.25, 0.3) is 11.1 Å². The first-order chi connectivity index (χ1) is 17.4. The molecule has 0 heterocycles. The van der Waals surface area contributed by atoms with Gasteiger partial charge in [-0.1, -0.05) is 69.2 Å². The minimum Gasteiger partial charge on any atom is -0.486 e. The Balaban J connectivity index is 1.36. The lowest BCUT2D eigenvalue weighted by molar-refractivity contribution is 0.246. The number of benzene rings is 2. The van der Waals surface area contributed by atoms with Crippen LogP contribution in [0.5, 0.6) is 5.75 Å². The van der Waals surface area contributed by atoms with E-state index >= 15 is 0 Å². The van der Waals surface area contributed by atoms with E-state index in [9.17, 15) is 17.6 Å². The number of ether oxygens (including phenoxy) is 1. The summed E-state index contributed by atoms with van der Waals surface area (Å²) in [6.45, 7) is 4.16. The van der Waals surface area contributed by atoms with Gasteiger partial charge in [-0.05, 0) is 66.9 Å². The summed E-state index contributed by atoms with van der Waals surface area (Å²) in [6, 6.07) is 10.3. The van der Waals surface area contributed by atoms with Crippen molar-refractivity contribution in [2.24, 2.45) is 17.8 Å². The fraction of sp³-hybridized carbons (Fsp3) is 0.419. The Kier molecular flexibility index (Phi) is 8.71. The van der Waals surface area contributed by atoms with Gasteiger partial charge in [0.25, 0.3) is 0 Å². The van der Waals surface area contributed by atoms with E-state index in [1.165, 1.54) is 12.1 Å². The molecule has 4 rings (SSSR count). The molecule has 3 unspecified atom stereocenters. The number of halogens is 4. The van der Waals surface area contributed by atoms with Gasteiger partial charge in [0.1, 0.15) is 18.3 Å². The summed E-state index contributed by atoms with van der Waals surface area (Å²) in [5.41, 5.74) is 2.72. The average molecular weight is 499 g/mol. The molecule has 0 aliphatic heterocycles. The number of unbranched alkanes of at least 4 members (excludes halogenated alkanes) is 1. The molecule has 3 atom stereocenters. The molecule has 0 spiro atoms. The third-order valence-electron chi connectivity index (χ3n) is 7.49. The van der Waals surface area contributed by atoms with Crippen LogP contribution in [0.2, 0.25) is 0 Å². The van der Waals surface area contributed by atoms with Crippen LogP contribution < -0.4 is 4.74 Å². The van der Waals surface area contributed by atoms with Gasteiger partial charge < -0.3 is 4.74 Å². The van der Waals surface area contributed by atoms with Crippen molar-refractivity contribution in [3.8, 4) is 16.9 Å². The van der Waals surface area contributed by atoms with Crippen LogP contribution in [0.3, 0.4) is 0 Å². The summed E-state index contributed by atoms with van der Waals surface area (Å²) in [5.74, 6) is -4.11. The second-order valence-electron chi connectivity index (χ2n) is 9.83. The zero-order valence-corrected chi connectivity index (χ0v) is 21.0. The maximum atomic E-state index is 14.8. The van der Waals surface area contributed by atoms with E-state index < -0.39 is 29.2 Å². The summed E-state index contributed by atoms with van der Waals surface area (Å²) in [5, 5.41) is 0. The molecule has 0 bridgehead atoms. The molecule has 1 nitrogen and oxygen atoms in total. The van der Waals surface area contributed by atoms with E-state index in [0.717, 1.165) is 30.4 Å². The second-order valence-corrected chi connectivity index (χ2v) is 9.83. The van der Waals surface area contributed by atoms with Crippen LogP contribution in [-0.2, 0) is 6.42 Å². The van der Waals surface area contributed by atoms with Crippen LogP contribution in [-0.4, -0.2) is 6.61 Å². The number of rotatable bonds is 9. The lowest BCUT2D eigenvalue weighted by atomic mass is 9.75. The van der Waals surface area contributed by atoms with Crippen molar-refractivity contribution in [1.29, 1.82) is 0 Å². The van der Waals surface area contributed by atoms with Crippen molar-refractivity contribution in [3.05, 3.63) is 89.1 Å². The predicted molar refractivity (Wildman–Crippen MR) is 137 cm³/mol. The van der Waals surface area contributed by atoms with Crippen LogP contribution in [0.1, 0.15) is 57.9 Å². The van der Waals surface area contributed by atoms with E-state index in [-0.39, 0.29) is 29.8 Å². The van der Waals surface area contributed by atoms with E-state index in [2.05, 4.69) is 6.92 Å². The molecule has 0 fully saturated rings. The van der Waals surface area contributed by atoms with E-state index in [1.54, 1.807) is 12.1 Å². The van der Waals surface area contributed by atoms with Gasteiger partial charge in [0.15, 0.2) is 11.6 Å². The SMILES string of the molecule is CCCCC1CCC(C2C=CC(COc3ccc(-c4ccc(CC)cc4)c(F)c3F)=CC2)C(F)=C1F. The Morgan fingerprint density at radius 1 is 0.889 bits per heavy atom. The Morgan fingerprint density at radius 3 is 2.33 bits per heavy atom. The topological polar surface area (TPSA) is 9.23 Å². The summed E-state index contributed by atoms with van der Waals surface area (Å²) < 4.78 is 64.4. The maximum absolute atomic E-state index is 14.8. The molecule has 2 aliphatic rings. The molecule has 0 saturated heterocycles. The molecule has 0 aromatic heterocycles. The molecular formula is C31H34F4O. The van der Waals surface area contributed by atoms with Crippen molar-refractivity contribution < 1.29 is 22.3 Å². The fourth-order valence-corrected chi connectivity index (χ4v) is 5.16. The third kappa shape index (κ3) is 5.77. The molecule has 0 N–H and O–H groups in total. The van der Waals surface area contributed by atoms with Gasteiger partial charge in [-0.3, -0.25) is 0 Å². The summed E-state index contributed by atoms with van der Waals surface area (Å²) in [7, 11) is 0. The lowest BCUT2D eigenvalue weighted by Crippen LogP contribution is -2.23. The first-order valence-corrected chi connectivity index (χ1v) is 13.0. The molecule has 0 radical (unpaired) electrons. The highest BCUT2D eigenvalue weighted by atomic mass is 19.2. The maximum Gasteiger partial charge on any atom is 0.201 e. The highest BCUT2D eigenvalue weighted by Gasteiger charge is 2.34. The highest BCUT2D eigenvalue weighted by Crippen LogP contribution is 2.43. The molecule has 2 aromatic rings. The van der Waals surface area contributed by atoms with Crippen LogP contribution >= 0.6 is 0 Å². The summed E-state index contributed by atoms with van der Waals surface area (Å²) in [6.07, 6.45) is 11.0. The predicted octanol–water partition coefficient (Wildman–Crippen LogP) is 9.44. The molecule has 36 heavy (non-hydrogen) atoms. The molecule has 5 heteroatoms. The van der Waals surface area contributed by atoms with Crippen molar-refractivity contribution >= 4 is 0 Å². The quantitative estimate of drug-likeness (QED) is 0.313. The first kappa shape index (κ1) is 26.2. The van der Waals surface area contributed by atoms with Crippen molar-refractivity contribution in [2.45, 2.75) is 58.8 Å². The van der Waals surface area contributed by atoms with Gasteiger partial charge in [0, 0.05) is 17.4 Å². The smallest absolute Gasteiger partial charge is 0.201 e. The minimum atomic E-state index is -1.02. The first-order valence-electron chi connectivity index (χ1n) is 13.0. The minimum absolute atomic E-state index is 0.0700. The molecule has 0 amide bonds. The van der Waals surface area contributed by atoms with Gasteiger partial charge in [-0.15, -0.1) is 0 Å². The average Bonchev–Trinajstić information content (AvgIpc) is 2.91. The van der Waals surface area contributed by atoms with Crippen molar-refractivity contribution in [3.63, 3.8) is 0 Å². The number of hydrogen-bond acceptors (Lipinski definition) is 1. The highest BCUT2D eigenvalue weighted by molar-refractivity contribution is 5.65. The van der Waals surface area contributed by atoms with E-state index in [1.807, 2.05) is 37.3 Å². The Hall–Kier alpha value is -2.82. The van der Waals surface area contributed by atoms with Gasteiger partial charge in [-0.2, -0.15) is 4.39 Å². The molecule has 192 valence electrons. The summed E-state index contributed by atoms with van der Waals surface area (Å²) in [4.78, 5) is 0.